The third-order valence-electron chi connectivity index (χ3n) is 6.41. The van der Waals surface area contributed by atoms with Crippen LogP contribution in [0.4, 0.5) is 27.8 Å². The summed E-state index contributed by atoms with van der Waals surface area (Å²) in [4.78, 5) is 32.3. The molecule has 1 unspecified atom stereocenters. The fourth-order valence-corrected chi connectivity index (χ4v) is 4.56. The summed E-state index contributed by atoms with van der Waals surface area (Å²) < 4.78 is 75.1. The van der Waals surface area contributed by atoms with Gasteiger partial charge in [0.2, 0.25) is 17.4 Å². The number of rotatable bonds is 4. The number of halogens is 5. The fourth-order valence-electron chi connectivity index (χ4n) is 4.56. The molecule has 2 aliphatic rings. The van der Waals surface area contributed by atoms with Crippen LogP contribution in [-0.2, 0) is 9.59 Å². The molecular weight excluding hydrogens is 531 g/mol. The second kappa shape index (κ2) is 9.81. The van der Waals surface area contributed by atoms with Crippen molar-refractivity contribution in [3.05, 3.63) is 76.5 Å². The highest BCUT2D eigenvalue weighted by atomic mass is 19.2. The number of carbonyl (C=O) groups excluding carboxylic acids is 1. The van der Waals surface area contributed by atoms with Crippen molar-refractivity contribution < 1.29 is 41.4 Å². The van der Waals surface area contributed by atoms with Gasteiger partial charge in [-0.05, 0) is 18.6 Å². The van der Waals surface area contributed by atoms with Gasteiger partial charge in [0.15, 0.2) is 11.6 Å². The SMILES string of the molecule is Nc1ncnc2c1C(c1ccc(Oc3c(F)c(F)cc(F)c3F)cc1F)=NNC2[C@@H]1CCN(C(=O)C(=O)O)C1. The molecule has 15 heteroatoms. The minimum absolute atomic E-state index is 0.0136. The van der Waals surface area contributed by atoms with Gasteiger partial charge >= 0.3 is 11.9 Å². The van der Waals surface area contributed by atoms with E-state index in [9.17, 15) is 27.2 Å². The zero-order chi connectivity index (χ0) is 28.0. The Labute approximate surface area is 215 Å². The number of fused-ring (bicyclic) bond motifs is 1. The van der Waals surface area contributed by atoms with Crippen molar-refractivity contribution in [2.24, 2.45) is 11.0 Å². The van der Waals surface area contributed by atoms with E-state index in [0.717, 1.165) is 18.2 Å². The minimum Gasteiger partial charge on any atom is -0.474 e. The molecule has 0 aliphatic carbocycles. The predicted octanol–water partition coefficient (Wildman–Crippen LogP) is 2.88. The van der Waals surface area contributed by atoms with Crippen LogP contribution in [0.1, 0.15) is 29.3 Å². The molecule has 2 atom stereocenters. The van der Waals surface area contributed by atoms with E-state index in [4.69, 9.17) is 15.6 Å². The number of benzene rings is 2. The molecule has 0 bridgehead atoms. The Kier molecular flexibility index (Phi) is 6.49. The second-order valence-corrected chi connectivity index (χ2v) is 8.73. The van der Waals surface area contributed by atoms with E-state index in [-0.39, 0.29) is 47.7 Å². The van der Waals surface area contributed by atoms with Crippen molar-refractivity contribution in [2.45, 2.75) is 12.5 Å². The number of anilines is 1. The van der Waals surface area contributed by atoms with Crippen LogP contribution in [0.15, 0.2) is 35.7 Å². The Morgan fingerprint density at radius 1 is 1.05 bits per heavy atom. The number of likely N-dealkylation sites (tertiary alicyclic amines) is 1. The number of nitrogen functional groups attached to an aromatic ring is 1. The lowest BCUT2D eigenvalue weighted by Crippen LogP contribution is -2.38. The molecule has 39 heavy (non-hydrogen) atoms. The maximum Gasteiger partial charge on any atom is 0.394 e. The van der Waals surface area contributed by atoms with Crippen molar-refractivity contribution in [3.8, 4) is 11.5 Å². The molecule has 4 N–H and O–H groups in total. The number of aromatic nitrogens is 2. The molecule has 2 aliphatic heterocycles. The quantitative estimate of drug-likeness (QED) is 0.257. The Morgan fingerprint density at radius 2 is 1.77 bits per heavy atom. The van der Waals surface area contributed by atoms with Crippen molar-refractivity contribution in [1.82, 2.24) is 20.3 Å². The molecule has 1 saturated heterocycles. The van der Waals surface area contributed by atoms with E-state index in [1.807, 2.05) is 0 Å². The van der Waals surface area contributed by atoms with E-state index in [2.05, 4.69) is 20.5 Å². The number of carbonyl (C=O) groups is 2. The van der Waals surface area contributed by atoms with Gasteiger partial charge in [0.05, 0.1) is 17.3 Å². The molecular formula is C24H17F5N6O4. The molecule has 3 heterocycles. The average Bonchev–Trinajstić information content (AvgIpc) is 3.39. The highest BCUT2D eigenvalue weighted by molar-refractivity contribution is 6.31. The maximum absolute atomic E-state index is 15.2. The average molecular weight is 548 g/mol. The molecule has 3 aromatic rings. The number of hydrogen-bond donors (Lipinski definition) is 3. The summed E-state index contributed by atoms with van der Waals surface area (Å²) in [6, 6.07) is 2.38. The van der Waals surface area contributed by atoms with Crippen LogP contribution >= 0.6 is 0 Å². The molecule has 1 fully saturated rings. The number of nitrogens with one attached hydrogen (secondary N) is 1. The van der Waals surface area contributed by atoms with Gasteiger partial charge in [0.25, 0.3) is 0 Å². The first kappa shape index (κ1) is 25.8. The highest BCUT2D eigenvalue weighted by Gasteiger charge is 2.39. The smallest absolute Gasteiger partial charge is 0.394 e. The fraction of sp³-hybridized carbons (Fsp3) is 0.208. The molecule has 1 amide bonds. The number of aliphatic carboxylic acids is 1. The lowest BCUT2D eigenvalue weighted by Gasteiger charge is -2.29. The molecule has 0 spiro atoms. The number of amides is 1. The second-order valence-electron chi connectivity index (χ2n) is 8.73. The number of nitrogens with zero attached hydrogens (tertiary/aromatic N) is 4. The van der Waals surface area contributed by atoms with Crippen LogP contribution < -0.4 is 15.9 Å². The van der Waals surface area contributed by atoms with Gasteiger partial charge in [-0.25, -0.2) is 27.9 Å². The maximum atomic E-state index is 15.2. The third-order valence-corrected chi connectivity index (χ3v) is 6.41. The Balaban J connectivity index is 1.45. The summed E-state index contributed by atoms with van der Waals surface area (Å²) >= 11 is 0. The predicted molar refractivity (Wildman–Crippen MR) is 123 cm³/mol. The summed E-state index contributed by atoms with van der Waals surface area (Å²) in [6.07, 6.45) is 1.62. The number of hydrazone groups is 1. The summed E-state index contributed by atoms with van der Waals surface area (Å²) in [5.74, 6) is -12.8. The van der Waals surface area contributed by atoms with Gasteiger partial charge in [-0.15, -0.1) is 0 Å². The van der Waals surface area contributed by atoms with Crippen LogP contribution in [0.25, 0.3) is 0 Å². The Morgan fingerprint density at radius 3 is 2.44 bits per heavy atom. The molecule has 0 radical (unpaired) electrons. The van der Waals surface area contributed by atoms with E-state index in [0.29, 0.717) is 12.1 Å². The van der Waals surface area contributed by atoms with Crippen molar-refractivity contribution in [1.29, 1.82) is 0 Å². The third kappa shape index (κ3) is 4.55. The molecule has 10 nitrogen and oxygen atoms in total. The van der Waals surface area contributed by atoms with E-state index in [1.165, 1.54) is 11.2 Å². The number of ether oxygens (including phenoxy) is 1. The standard InChI is InChI=1S/C24H17F5N6O4/c25-12-5-10(39-21-16(28)13(26)6-14(27)17(21)29)1-2-11(12)19-15-20(31-8-32-22(15)30)18(33-34-19)9-3-4-35(7-9)23(36)24(37)38/h1-2,5-6,8-9,18,33H,3-4,7H2,(H,37,38)(H2,30,31,32)/t9-,18?/m1/s1. The van der Waals surface area contributed by atoms with Crippen LogP contribution in [0.3, 0.4) is 0 Å². The van der Waals surface area contributed by atoms with Gasteiger partial charge < -0.3 is 20.5 Å². The van der Waals surface area contributed by atoms with Gasteiger partial charge in [-0.1, -0.05) is 0 Å². The van der Waals surface area contributed by atoms with E-state index < -0.39 is 58.5 Å². The largest absolute Gasteiger partial charge is 0.474 e. The normalized spacial score (nSPS) is 18.3. The summed E-state index contributed by atoms with van der Waals surface area (Å²) in [7, 11) is 0. The van der Waals surface area contributed by atoms with E-state index in [1.54, 1.807) is 0 Å². The van der Waals surface area contributed by atoms with Crippen LogP contribution in [0, 0.1) is 35.0 Å². The summed E-state index contributed by atoms with van der Waals surface area (Å²) in [5.41, 5.74) is 9.31. The lowest BCUT2D eigenvalue weighted by molar-refractivity contribution is -0.155. The molecule has 5 rings (SSSR count). The van der Waals surface area contributed by atoms with Crippen molar-refractivity contribution >= 4 is 23.4 Å². The van der Waals surface area contributed by atoms with Crippen molar-refractivity contribution in [2.75, 3.05) is 18.8 Å². The van der Waals surface area contributed by atoms with Crippen LogP contribution in [-0.4, -0.2) is 50.7 Å². The number of hydrogen-bond acceptors (Lipinski definition) is 8. The molecule has 0 saturated carbocycles. The summed E-state index contributed by atoms with van der Waals surface area (Å²) in [5, 5.41) is 13.2. The van der Waals surface area contributed by atoms with Gasteiger partial charge in [-0.2, -0.15) is 13.9 Å². The highest BCUT2D eigenvalue weighted by Crippen LogP contribution is 2.37. The zero-order valence-electron chi connectivity index (χ0n) is 19.6. The molecule has 1 aromatic heterocycles. The molecule has 2 aromatic carbocycles. The number of carboxylic acid groups (broad SMARTS) is 1. The summed E-state index contributed by atoms with van der Waals surface area (Å²) in [6.45, 7) is 0.304. The topological polar surface area (TPSA) is 143 Å². The van der Waals surface area contributed by atoms with Crippen LogP contribution in [0.2, 0.25) is 0 Å². The first-order valence-electron chi connectivity index (χ1n) is 11.3. The minimum atomic E-state index is -1.79. The molecule has 202 valence electrons. The van der Waals surface area contributed by atoms with Gasteiger partial charge in [0.1, 0.15) is 29.4 Å². The number of nitrogens with two attached hydrogens (primary N) is 1. The number of carboxylic acids is 1. The monoisotopic (exact) mass is 548 g/mol. The Bertz CT molecular complexity index is 1530. The Hall–Kier alpha value is -4.82. The van der Waals surface area contributed by atoms with Crippen molar-refractivity contribution in [3.63, 3.8) is 0 Å². The lowest BCUT2D eigenvalue weighted by atomic mass is 9.89. The zero-order valence-corrected chi connectivity index (χ0v) is 19.6. The van der Waals surface area contributed by atoms with Gasteiger partial charge in [0, 0.05) is 36.7 Å². The van der Waals surface area contributed by atoms with Crippen LogP contribution in [0.5, 0.6) is 11.5 Å². The van der Waals surface area contributed by atoms with E-state index >= 15 is 4.39 Å². The van der Waals surface area contributed by atoms with Gasteiger partial charge in [-0.3, -0.25) is 10.2 Å². The first-order chi connectivity index (χ1) is 18.6. The first-order valence-corrected chi connectivity index (χ1v) is 11.3.